The molecule has 104 valence electrons. The first-order valence-electron chi connectivity index (χ1n) is 6.52. The number of aliphatic hydroxyl groups excluding tert-OH is 1. The first-order chi connectivity index (χ1) is 9.06. The molecule has 1 aliphatic rings. The Balaban J connectivity index is 2.04. The first kappa shape index (κ1) is 13.8. The van der Waals surface area contributed by atoms with Crippen LogP contribution in [0.25, 0.3) is 0 Å². The second-order valence-corrected chi connectivity index (χ2v) is 4.91. The highest BCUT2D eigenvalue weighted by molar-refractivity contribution is 5.72. The molecular weight excluding hydrogens is 247 g/mol. The van der Waals surface area contributed by atoms with Crippen molar-refractivity contribution < 1.29 is 14.3 Å². The van der Waals surface area contributed by atoms with Crippen molar-refractivity contribution in [2.75, 3.05) is 18.0 Å². The van der Waals surface area contributed by atoms with E-state index in [9.17, 15) is 14.3 Å². The molecule has 0 aromatic heterocycles. The summed E-state index contributed by atoms with van der Waals surface area (Å²) >= 11 is 0. The van der Waals surface area contributed by atoms with Crippen LogP contribution >= 0.6 is 0 Å². The standard InChI is InChI=1S/C14H19FN2O2/c1-10(18)16-9-11-2-3-14(13(15)8-11)17-6-4-12(19)5-7-17/h2-3,8,12,19H,4-7,9H2,1H3,(H,16,18). The van der Waals surface area contributed by atoms with E-state index in [-0.39, 0.29) is 17.8 Å². The Bertz CT molecular complexity index is 457. The molecule has 2 rings (SSSR count). The Labute approximate surface area is 112 Å². The molecule has 0 radical (unpaired) electrons. The van der Waals surface area contributed by atoms with Gasteiger partial charge in [0, 0.05) is 26.6 Å². The second-order valence-electron chi connectivity index (χ2n) is 4.91. The molecule has 1 amide bonds. The van der Waals surface area contributed by atoms with Crippen LogP contribution in [0.5, 0.6) is 0 Å². The van der Waals surface area contributed by atoms with Crippen molar-refractivity contribution in [3.05, 3.63) is 29.6 Å². The fourth-order valence-electron chi connectivity index (χ4n) is 2.25. The molecule has 5 heteroatoms. The van der Waals surface area contributed by atoms with Crippen LogP contribution in [-0.4, -0.2) is 30.2 Å². The van der Waals surface area contributed by atoms with Gasteiger partial charge in [-0.25, -0.2) is 4.39 Å². The maximum absolute atomic E-state index is 14.0. The van der Waals surface area contributed by atoms with Crippen molar-refractivity contribution in [2.45, 2.75) is 32.4 Å². The fraction of sp³-hybridized carbons (Fsp3) is 0.500. The lowest BCUT2D eigenvalue weighted by Crippen LogP contribution is -2.36. The van der Waals surface area contributed by atoms with Gasteiger partial charge in [-0.15, -0.1) is 0 Å². The molecule has 2 N–H and O–H groups in total. The zero-order chi connectivity index (χ0) is 13.8. The Hall–Kier alpha value is -1.62. The molecule has 1 fully saturated rings. The van der Waals surface area contributed by atoms with Gasteiger partial charge >= 0.3 is 0 Å². The molecular formula is C14H19FN2O2. The predicted octanol–water partition coefficient (Wildman–Crippen LogP) is 1.42. The number of hydrogen-bond donors (Lipinski definition) is 2. The Morgan fingerprint density at radius 3 is 2.74 bits per heavy atom. The van der Waals surface area contributed by atoms with Crippen molar-refractivity contribution in [2.24, 2.45) is 0 Å². The summed E-state index contributed by atoms with van der Waals surface area (Å²) in [7, 11) is 0. The summed E-state index contributed by atoms with van der Waals surface area (Å²) in [4.78, 5) is 12.8. The number of hydrogen-bond acceptors (Lipinski definition) is 3. The molecule has 0 aliphatic carbocycles. The smallest absolute Gasteiger partial charge is 0.217 e. The average Bonchev–Trinajstić information content (AvgIpc) is 2.38. The van der Waals surface area contributed by atoms with E-state index in [0.717, 1.165) is 5.56 Å². The highest BCUT2D eigenvalue weighted by Gasteiger charge is 2.19. The molecule has 19 heavy (non-hydrogen) atoms. The first-order valence-corrected chi connectivity index (χ1v) is 6.52. The van der Waals surface area contributed by atoms with Crippen molar-refractivity contribution >= 4 is 11.6 Å². The zero-order valence-corrected chi connectivity index (χ0v) is 11.0. The summed E-state index contributed by atoms with van der Waals surface area (Å²) in [6, 6.07) is 5.01. The van der Waals surface area contributed by atoms with Gasteiger partial charge in [-0.1, -0.05) is 6.07 Å². The van der Waals surface area contributed by atoms with Gasteiger partial charge in [0.05, 0.1) is 11.8 Å². The second kappa shape index (κ2) is 6.02. The third kappa shape index (κ3) is 3.67. The number of amides is 1. The predicted molar refractivity (Wildman–Crippen MR) is 71.4 cm³/mol. The number of nitrogens with zero attached hydrogens (tertiary/aromatic N) is 1. The monoisotopic (exact) mass is 266 g/mol. The maximum atomic E-state index is 14.0. The molecule has 1 aromatic carbocycles. The topological polar surface area (TPSA) is 52.6 Å². The van der Waals surface area contributed by atoms with E-state index in [1.54, 1.807) is 6.07 Å². The molecule has 0 atom stereocenters. The van der Waals surface area contributed by atoms with Crippen molar-refractivity contribution in [1.82, 2.24) is 5.32 Å². The lowest BCUT2D eigenvalue weighted by Gasteiger charge is -2.31. The highest BCUT2D eigenvalue weighted by Crippen LogP contribution is 2.24. The van der Waals surface area contributed by atoms with Crippen LogP contribution in [-0.2, 0) is 11.3 Å². The van der Waals surface area contributed by atoms with Gasteiger partial charge in [-0.05, 0) is 30.5 Å². The SMILES string of the molecule is CC(=O)NCc1ccc(N2CCC(O)CC2)c(F)c1. The van der Waals surface area contributed by atoms with Crippen molar-refractivity contribution in [1.29, 1.82) is 0 Å². The van der Waals surface area contributed by atoms with Gasteiger partial charge < -0.3 is 15.3 Å². The molecule has 1 heterocycles. The normalized spacial score (nSPS) is 16.5. The largest absolute Gasteiger partial charge is 0.393 e. The quantitative estimate of drug-likeness (QED) is 0.870. The minimum Gasteiger partial charge on any atom is -0.393 e. The van der Waals surface area contributed by atoms with Gasteiger partial charge in [-0.2, -0.15) is 0 Å². The molecule has 4 nitrogen and oxygen atoms in total. The number of anilines is 1. The Morgan fingerprint density at radius 2 is 2.16 bits per heavy atom. The number of aliphatic hydroxyl groups is 1. The van der Waals surface area contributed by atoms with Crippen LogP contribution < -0.4 is 10.2 Å². The van der Waals surface area contributed by atoms with Crippen LogP contribution in [0.15, 0.2) is 18.2 Å². The summed E-state index contributed by atoms with van der Waals surface area (Å²) < 4.78 is 14.0. The van der Waals surface area contributed by atoms with Crippen LogP contribution in [0.2, 0.25) is 0 Å². The number of halogens is 1. The number of benzene rings is 1. The summed E-state index contributed by atoms with van der Waals surface area (Å²) in [5.74, 6) is -0.409. The average molecular weight is 266 g/mol. The highest BCUT2D eigenvalue weighted by atomic mass is 19.1. The van der Waals surface area contributed by atoms with E-state index < -0.39 is 0 Å². The van der Waals surface area contributed by atoms with Crippen LogP contribution in [0, 0.1) is 5.82 Å². The van der Waals surface area contributed by atoms with Gasteiger partial charge in [-0.3, -0.25) is 4.79 Å². The third-order valence-electron chi connectivity index (χ3n) is 3.36. The van der Waals surface area contributed by atoms with Crippen LogP contribution in [0.3, 0.4) is 0 Å². The van der Waals surface area contributed by atoms with E-state index >= 15 is 0 Å². The molecule has 1 aliphatic heterocycles. The van der Waals surface area contributed by atoms with E-state index in [4.69, 9.17) is 0 Å². The number of carbonyl (C=O) groups is 1. The molecule has 0 spiro atoms. The number of rotatable bonds is 3. The number of nitrogens with one attached hydrogen (secondary N) is 1. The van der Waals surface area contributed by atoms with E-state index in [1.165, 1.54) is 13.0 Å². The molecule has 0 saturated carbocycles. The van der Waals surface area contributed by atoms with E-state index in [0.29, 0.717) is 38.2 Å². The molecule has 1 saturated heterocycles. The lowest BCUT2D eigenvalue weighted by molar-refractivity contribution is -0.119. The fourth-order valence-corrected chi connectivity index (χ4v) is 2.25. The van der Waals surface area contributed by atoms with E-state index in [2.05, 4.69) is 5.32 Å². The van der Waals surface area contributed by atoms with E-state index in [1.807, 2.05) is 11.0 Å². The molecule has 0 bridgehead atoms. The minimum atomic E-state index is -0.278. The lowest BCUT2D eigenvalue weighted by atomic mass is 10.1. The molecule has 1 aromatic rings. The Kier molecular flexibility index (Phi) is 4.37. The summed E-state index contributed by atoms with van der Waals surface area (Å²) in [5.41, 5.74) is 1.31. The number of piperidine rings is 1. The Morgan fingerprint density at radius 1 is 1.47 bits per heavy atom. The van der Waals surface area contributed by atoms with Gasteiger partial charge in [0.2, 0.25) is 5.91 Å². The summed E-state index contributed by atoms with van der Waals surface area (Å²) in [6.07, 6.45) is 1.08. The van der Waals surface area contributed by atoms with Gasteiger partial charge in [0.15, 0.2) is 0 Å². The van der Waals surface area contributed by atoms with Crippen molar-refractivity contribution in [3.8, 4) is 0 Å². The summed E-state index contributed by atoms with van der Waals surface area (Å²) in [5, 5.41) is 12.1. The number of carbonyl (C=O) groups excluding carboxylic acids is 1. The van der Waals surface area contributed by atoms with Gasteiger partial charge in [0.1, 0.15) is 5.82 Å². The van der Waals surface area contributed by atoms with Crippen molar-refractivity contribution in [3.63, 3.8) is 0 Å². The third-order valence-corrected chi connectivity index (χ3v) is 3.36. The molecule has 0 unspecified atom stereocenters. The minimum absolute atomic E-state index is 0.130. The zero-order valence-electron chi connectivity index (χ0n) is 11.0. The summed E-state index contributed by atoms with van der Waals surface area (Å²) in [6.45, 7) is 3.11. The van der Waals surface area contributed by atoms with Crippen LogP contribution in [0.1, 0.15) is 25.3 Å². The maximum Gasteiger partial charge on any atom is 0.217 e. The van der Waals surface area contributed by atoms with Crippen LogP contribution in [0.4, 0.5) is 10.1 Å². The van der Waals surface area contributed by atoms with Gasteiger partial charge in [0.25, 0.3) is 0 Å².